The Hall–Kier alpha value is -1.35. The second-order valence-electron chi connectivity index (χ2n) is 7.12. The highest BCUT2D eigenvalue weighted by Crippen LogP contribution is 2.42. The van der Waals surface area contributed by atoms with Crippen molar-refractivity contribution in [3.05, 3.63) is 35.9 Å². The molecule has 1 heterocycles. The van der Waals surface area contributed by atoms with E-state index in [1.54, 1.807) is 0 Å². The molecule has 0 aromatic heterocycles. The Morgan fingerprint density at radius 3 is 2.38 bits per heavy atom. The first-order valence-electron chi connectivity index (χ1n) is 7.76. The third-order valence-corrected chi connectivity index (χ3v) is 4.58. The minimum atomic E-state index is -0.491. The number of ether oxygens (including phenoxy) is 1. The van der Waals surface area contributed by atoms with Crippen molar-refractivity contribution >= 4 is 5.97 Å². The van der Waals surface area contributed by atoms with Gasteiger partial charge in [0.15, 0.2) is 0 Å². The molecule has 1 fully saturated rings. The van der Waals surface area contributed by atoms with Crippen LogP contribution in [0.5, 0.6) is 0 Å². The fourth-order valence-corrected chi connectivity index (χ4v) is 3.34. The van der Waals surface area contributed by atoms with Gasteiger partial charge in [-0.3, -0.25) is 9.69 Å². The van der Waals surface area contributed by atoms with Gasteiger partial charge in [0.2, 0.25) is 0 Å². The van der Waals surface area contributed by atoms with Crippen molar-refractivity contribution < 1.29 is 9.53 Å². The molecule has 1 aromatic carbocycles. The van der Waals surface area contributed by atoms with Crippen molar-refractivity contribution in [1.82, 2.24) is 4.90 Å². The Balaban J connectivity index is 2.33. The van der Waals surface area contributed by atoms with Gasteiger partial charge in [-0.1, -0.05) is 37.3 Å². The maximum absolute atomic E-state index is 11.7. The number of hydrogen-bond acceptors (Lipinski definition) is 3. The van der Waals surface area contributed by atoms with Crippen LogP contribution in [0.1, 0.15) is 46.6 Å². The monoisotopic (exact) mass is 289 g/mol. The number of rotatable bonds is 2. The number of nitrogens with zero attached hydrogens (tertiary/aromatic N) is 1. The molecule has 0 unspecified atom stereocenters. The van der Waals surface area contributed by atoms with Gasteiger partial charge in [0.05, 0.1) is 0 Å². The Morgan fingerprint density at radius 2 is 1.90 bits per heavy atom. The van der Waals surface area contributed by atoms with E-state index in [9.17, 15) is 4.79 Å². The first-order valence-corrected chi connectivity index (χ1v) is 7.76. The molecule has 21 heavy (non-hydrogen) atoms. The Labute approximate surface area is 128 Å². The highest BCUT2D eigenvalue weighted by Gasteiger charge is 2.46. The van der Waals surface area contributed by atoms with Crippen molar-refractivity contribution in [3.8, 4) is 0 Å². The zero-order chi connectivity index (χ0) is 15.7. The van der Waals surface area contributed by atoms with E-state index in [4.69, 9.17) is 4.74 Å². The van der Waals surface area contributed by atoms with Crippen molar-refractivity contribution in [3.63, 3.8) is 0 Å². The lowest BCUT2D eigenvalue weighted by Gasteiger charge is -2.49. The van der Waals surface area contributed by atoms with Crippen molar-refractivity contribution in [2.45, 2.75) is 52.2 Å². The van der Waals surface area contributed by atoms with Crippen LogP contribution in [0.2, 0.25) is 0 Å². The minimum absolute atomic E-state index is 0.146. The van der Waals surface area contributed by atoms with Gasteiger partial charge < -0.3 is 4.74 Å². The number of carbonyl (C=O) groups excluding carboxylic acids is 1. The maximum Gasteiger partial charge on any atom is 0.303 e. The molecule has 0 saturated carbocycles. The highest BCUT2D eigenvalue weighted by molar-refractivity contribution is 5.67. The number of carbonyl (C=O) groups is 1. The van der Waals surface area contributed by atoms with Crippen LogP contribution in [0.4, 0.5) is 0 Å². The second kappa shape index (κ2) is 5.80. The topological polar surface area (TPSA) is 29.5 Å². The second-order valence-corrected chi connectivity index (χ2v) is 7.12. The molecule has 1 aliphatic heterocycles. The predicted octanol–water partition coefficient (Wildman–Crippen LogP) is 3.59. The summed E-state index contributed by atoms with van der Waals surface area (Å²) in [6.45, 7) is 12.3. The van der Waals surface area contributed by atoms with E-state index in [2.05, 4.69) is 44.7 Å². The summed E-state index contributed by atoms with van der Waals surface area (Å²) >= 11 is 0. The van der Waals surface area contributed by atoms with Gasteiger partial charge >= 0.3 is 5.97 Å². The van der Waals surface area contributed by atoms with E-state index in [0.29, 0.717) is 0 Å². The highest BCUT2D eigenvalue weighted by atomic mass is 16.6. The minimum Gasteiger partial charge on any atom is -0.454 e. The lowest BCUT2D eigenvalue weighted by atomic mass is 9.75. The molecule has 0 spiro atoms. The summed E-state index contributed by atoms with van der Waals surface area (Å²) in [5.41, 5.74) is 0.767. The first kappa shape index (κ1) is 16.0. The molecule has 0 amide bonds. The Bertz CT molecular complexity index is 492. The van der Waals surface area contributed by atoms with Gasteiger partial charge in [-0.25, -0.2) is 0 Å². The first-order chi connectivity index (χ1) is 9.75. The number of piperidine rings is 1. The summed E-state index contributed by atoms with van der Waals surface area (Å²) in [5.74, 6) is 0.0617. The molecule has 3 heteroatoms. The standard InChI is InChI=1S/C18H27NO2/c1-14-13-19(17(3,4)5)12-11-18(14,21-15(2)20)16-9-7-6-8-10-16/h6-10,14H,11-13H2,1-5H3/t14-,18+/m1/s1. The maximum atomic E-state index is 11.7. The summed E-state index contributed by atoms with van der Waals surface area (Å²) in [6, 6.07) is 10.2. The van der Waals surface area contributed by atoms with E-state index in [1.165, 1.54) is 6.92 Å². The zero-order valence-electron chi connectivity index (χ0n) is 13.8. The lowest BCUT2D eigenvalue weighted by molar-refractivity contribution is -0.175. The van der Waals surface area contributed by atoms with E-state index in [-0.39, 0.29) is 17.4 Å². The Morgan fingerprint density at radius 1 is 1.29 bits per heavy atom. The van der Waals surface area contributed by atoms with E-state index >= 15 is 0 Å². The van der Waals surface area contributed by atoms with Crippen molar-refractivity contribution in [2.24, 2.45) is 5.92 Å². The van der Waals surface area contributed by atoms with Gasteiger partial charge in [-0.05, 0) is 26.3 Å². The van der Waals surface area contributed by atoms with E-state index < -0.39 is 5.60 Å². The quantitative estimate of drug-likeness (QED) is 0.779. The molecule has 2 rings (SSSR count). The molecule has 0 aliphatic carbocycles. The molecular weight excluding hydrogens is 262 g/mol. The largest absolute Gasteiger partial charge is 0.454 e. The molecule has 0 bridgehead atoms. The van der Waals surface area contributed by atoms with Gasteiger partial charge in [0, 0.05) is 37.9 Å². The molecule has 1 aliphatic rings. The van der Waals surface area contributed by atoms with Gasteiger partial charge in [-0.15, -0.1) is 0 Å². The molecule has 1 aromatic rings. The van der Waals surface area contributed by atoms with Crippen LogP contribution in [0.25, 0.3) is 0 Å². The van der Waals surface area contributed by atoms with Crippen LogP contribution < -0.4 is 0 Å². The smallest absolute Gasteiger partial charge is 0.303 e. The average Bonchev–Trinajstić information content (AvgIpc) is 2.40. The number of likely N-dealkylation sites (tertiary alicyclic amines) is 1. The van der Waals surface area contributed by atoms with Gasteiger partial charge in [-0.2, -0.15) is 0 Å². The molecule has 0 N–H and O–H groups in total. The number of hydrogen-bond donors (Lipinski definition) is 0. The molecule has 1 saturated heterocycles. The molecule has 0 radical (unpaired) electrons. The summed E-state index contributed by atoms with van der Waals surface area (Å²) < 4.78 is 5.87. The van der Waals surface area contributed by atoms with Crippen LogP contribution in [-0.4, -0.2) is 29.5 Å². The SMILES string of the molecule is CC(=O)O[C@@]1(c2ccccc2)CCN(C(C)(C)C)C[C@H]1C. The molecule has 116 valence electrons. The van der Waals surface area contributed by atoms with Gasteiger partial charge in [0.25, 0.3) is 0 Å². The summed E-state index contributed by atoms with van der Waals surface area (Å²) in [7, 11) is 0. The summed E-state index contributed by atoms with van der Waals surface area (Å²) in [6.07, 6.45) is 0.842. The zero-order valence-corrected chi connectivity index (χ0v) is 13.8. The van der Waals surface area contributed by atoms with Crippen molar-refractivity contribution in [1.29, 1.82) is 0 Å². The van der Waals surface area contributed by atoms with E-state index in [1.807, 2.05) is 18.2 Å². The Kier molecular flexibility index (Phi) is 4.43. The fraction of sp³-hybridized carbons (Fsp3) is 0.611. The van der Waals surface area contributed by atoms with Crippen LogP contribution in [0, 0.1) is 5.92 Å². The molecule has 2 atom stereocenters. The summed E-state index contributed by atoms with van der Waals surface area (Å²) in [4.78, 5) is 14.2. The third kappa shape index (κ3) is 3.29. The van der Waals surface area contributed by atoms with Crippen molar-refractivity contribution in [2.75, 3.05) is 13.1 Å². The number of benzene rings is 1. The molecule has 3 nitrogen and oxygen atoms in total. The van der Waals surface area contributed by atoms with Gasteiger partial charge in [0.1, 0.15) is 5.60 Å². The van der Waals surface area contributed by atoms with Crippen LogP contribution >= 0.6 is 0 Å². The predicted molar refractivity (Wildman–Crippen MR) is 85.0 cm³/mol. The average molecular weight is 289 g/mol. The van der Waals surface area contributed by atoms with Crippen LogP contribution in [0.15, 0.2) is 30.3 Å². The normalized spacial score (nSPS) is 27.4. The third-order valence-electron chi connectivity index (χ3n) is 4.58. The van der Waals surface area contributed by atoms with Crippen LogP contribution in [-0.2, 0) is 15.1 Å². The lowest BCUT2D eigenvalue weighted by Crippen LogP contribution is -2.55. The fourth-order valence-electron chi connectivity index (χ4n) is 3.34. The molecular formula is C18H27NO2. The van der Waals surface area contributed by atoms with E-state index in [0.717, 1.165) is 25.1 Å². The summed E-state index contributed by atoms with van der Waals surface area (Å²) in [5, 5.41) is 0. The number of esters is 1. The van der Waals surface area contributed by atoms with Crippen LogP contribution in [0.3, 0.4) is 0 Å².